The van der Waals surface area contributed by atoms with Crippen LogP contribution in [0.25, 0.3) is 4.96 Å². The van der Waals surface area contributed by atoms with Gasteiger partial charge >= 0.3 is 0 Å². The second-order valence-corrected chi connectivity index (χ2v) is 5.78. The summed E-state index contributed by atoms with van der Waals surface area (Å²) in [5.41, 5.74) is 1.33. The largest absolute Gasteiger partial charge is 0.390 e. The second-order valence-electron chi connectivity index (χ2n) is 4.90. The van der Waals surface area contributed by atoms with Crippen LogP contribution in [0, 0.1) is 5.82 Å². The van der Waals surface area contributed by atoms with Gasteiger partial charge in [0.1, 0.15) is 5.82 Å². The van der Waals surface area contributed by atoms with Crippen LogP contribution in [0.3, 0.4) is 0 Å². The number of aromatic nitrogens is 2. The SMILES string of the molecule is CC(c1ccccc1F)N(C)c1nc2sccn2c1CO. The molecule has 0 bridgehead atoms. The Balaban J connectivity index is 2.02. The van der Waals surface area contributed by atoms with E-state index in [1.165, 1.54) is 17.4 Å². The van der Waals surface area contributed by atoms with E-state index in [9.17, 15) is 9.50 Å². The van der Waals surface area contributed by atoms with Gasteiger partial charge in [-0.15, -0.1) is 11.3 Å². The summed E-state index contributed by atoms with van der Waals surface area (Å²) in [6.07, 6.45) is 1.88. The van der Waals surface area contributed by atoms with Crippen molar-refractivity contribution in [1.82, 2.24) is 9.38 Å². The minimum atomic E-state index is -0.233. The number of hydrogen-bond donors (Lipinski definition) is 1. The van der Waals surface area contributed by atoms with E-state index in [2.05, 4.69) is 4.98 Å². The lowest BCUT2D eigenvalue weighted by atomic mass is 10.1. The zero-order chi connectivity index (χ0) is 15.0. The van der Waals surface area contributed by atoms with Crippen LogP contribution in [-0.2, 0) is 6.61 Å². The smallest absolute Gasteiger partial charge is 0.195 e. The van der Waals surface area contributed by atoms with E-state index < -0.39 is 0 Å². The van der Waals surface area contributed by atoms with Crippen molar-refractivity contribution >= 4 is 22.1 Å². The third kappa shape index (κ3) is 2.30. The molecule has 0 aliphatic carbocycles. The van der Waals surface area contributed by atoms with Crippen LogP contribution in [0.2, 0.25) is 0 Å². The number of nitrogens with zero attached hydrogens (tertiary/aromatic N) is 3. The summed E-state index contributed by atoms with van der Waals surface area (Å²) in [6, 6.07) is 6.55. The molecule has 1 N–H and O–H groups in total. The minimum Gasteiger partial charge on any atom is -0.390 e. The summed E-state index contributed by atoms with van der Waals surface area (Å²) < 4.78 is 15.8. The number of halogens is 1. The number of aliphatic hydroxyl groups excluding tert-OH is 1. The fourth-order valence-corrected chi connectivity index (χ4v) is 3.18. The number of fused-ring (bicyclic) bond motifs is 1. The Hall–Kier alpha value is -1.92. The maximum absolute atomic E-state index is 13.9. The van der Waals surface area contributed by atoms with Crippen molar-refractivity contribution < 1.29 is 9.50 Å². The van der Waals surface area contributed by atoms with Crippen molar-refractivity contribution in [2.75, 3.05) is 11.9 Å². The molecule has 110 valence electrons. The highest BCUT2D eigenvalue weighted by molar-refractivity contribution is 7.15. The number of anilines is 1. The molecule has 21 heavy (non-hydrogen) atoms. The van der Waals surface area contributed by atoms with E-state index in [-0.39, 0.29) is 18.5 Å². The van der Waals surface area contributed by atoms with Gasteiger partial charge in [0.15, 0.2) is 10.8 Å². The highest BCUT2D eigenvalue weighted by Gasteiger charge is 2.22. The monoisotopic (exact) mass is 305 g/mol. The van der Waals surface area contributed by atoms with Crippen molar-refractivity contribution in [3.63, 3.8) is 0 Å². The third-order valence-electron chi connectivity index (χ3n) is 3.76. The first-order valence-electron chi connectivity index (χ1n) is 6.66. The van der Waals surface area contributed by atoms with Crippen molar-refractivity contribution in [1.29, 1.82) is 0 Å². The van der Waals surface area contributed by atoms with Crippen LogP contribution in [0.15, 0.2) is 35.8 Å². The van der Waals surface area contributed by atoms with Gasteiger partial charge in [-0.25, -0.2) is 9.37 Å². The summed E-state index contributed by atoms with van der Waals surface area (Å²) in [5.74, 6) is 0.448. The molecule has 0 aliphatic heterocycles. The zero-order valence-corrected chi connectivity index (χ0v) is 12.6. The predicted octanol–water partition coefficient (Wildman–Crippen LogP) is 3.22. The molecule has 0 spiro atoms. The fourth-order valence-electron chi connectivity index (χ4n) is 2.46. The number of hydrogen-bond acceptors (Lipinski definition) is 4. The fraction of sp³-hybridized carbons (Fsp3) is 0.267. The van der Waals surface area contributed by atoms with Gasteiger partial charge < -0.3 is 10.0 Å². The summed E-state index contributed by atoms with van der Waals surface area (Å²) in [5, 5.41) is 11.5. The van der Waals surface area contributed by atoms with Crippen LogP contribution in [0.4, 0.5) is 10.2 Å². The second kappa shape index (κ2) is 5.46. The first-order chi connectivity index (χ1) is 10.1. The molecule has 0 amide bonds. The van der Waals surface area contributed by atoms with Gasteiger partial charge in [0, 0.05) is 24.2 Å². The lowest BCUT2D eigenvalue weighted by Gasteiger charge is -2.26. The van der Waals surface area contributed by atoms with Crippen LogP contribution < -0.4 is 4.90 Å². The normalized spacial score (nSPS) is 12.8. The van der Waals surface area contributed by atoms with Crippen LogP contribution >= 0.6 is 11.3 Å². The average molecular weight is 305 g/mol. The van der Waals surface area contributed by atoms with Gasteiger partial charge in [-0.2, -0.15) is 0 Å². The van der Waals surface area contributed by atoms with E-state index >= 15 is 0 Å². The average Bonchev–Trinajstić information content (AvgIpc) is 3.06. The molecule has 0 radical (unpaired) electrons. The molecular formula is C15H16FN3OS. The number of aliphatic hydroxyl groups is 1. The van der Waals surface area contributed by atoms with Gasteiger partial charge in [0.2, 0.25) is 0 Å². The van der Waals surface area contributed by atoms with Crippen LogP contribution in [-0.4, -0.2) is 21.5 Å². The molecule has 0 aliphatic rings. The Bertz CT molecular complexity index is 767. The van der Waals surface area contributed by atoms with Crippen molar-refractivity contribution in [2.24, 2.45) is 0 Å². The number of imidazole rings is 1. The maximum atomic E-state index is 13.9. The van der Waals surface area contributed by atoms with Gasteiger partial charge in [-0.3, -0.25) is 4.40 Å². The Morgan fingerprint density at radius 2 is 2.19 bits per heavy atom. The van der Waals surface area contributed by atoms with E-state index in [1.807, 2.05) is 40.9 Å². The molecule has 1 atom stereocenters. The molecule has 2 heterocycles. The maximum Gasteiger partial charge on any atom is 0.195 e. The van der Waals surface area contributed by atoms with Crippen LogP contribution in [0.5, 0.6) is 0 Å². The molecule has 4 nitrogen and oxygen atoms in total. The molecule has 0 fully saturated rings. The van der Waals surface area contributed by atoms with Gasteiger partial charge in [-0.1, -0.05) is 18.2 Å². The Labute approximate surface area is 126 Å². The van der Waals surface area contributed by atoms with Gasteiger partial charge in [0.05, 0.1) is 18.3 Å². The summed E-state index contributed by atoms with van der Waals surface area (Å²) >= 11 is 1.51. The Morgan fingerprint density at radius 3 is 2.90 bits per heavy atom. The van der Waals surface area contributed by atoms with Crippen molar-refractivity contribution in [2.45, 2.75) is 19.6 Å². The Kier molecular flexibility index (Phi) is 3.65. The van der Waals surface area contributed by atoms with Crippen molar-refractivity contribution in [3.05, 3.63) is 52.9 Å². The highest BCUT2D eigenvalue weighted by Crippen LogP contribution is 2.30. The molecule has 2 aromatic heterocycles. The zero-order valence-electron chi connectivity index (χ0n) is 11.8. The summed E-state index contributed by atoms with van der Waals surface area (Å²) in [7, 11) is 1.86. The molecule has 1 unspecified atom stereocenters. The van der Waals surface area contributed by atoms with Gasteiger partial charge in [0.25, 0.3) is 0 Å². The first kappa shape index (κ1) is 14.0. The lowest BCUT2D eigenvalue weighted by molar-refractivity contribution is 0.276. The molecule has 0 saturated heterocycles. The van der Waals surface area contributed by atoms with E-state index in [0.717, 1.165) is 10.7 Å². The number of benzene rings is 1. The lowest BCUT2D eigenvalue weighted by Crippen LogP contribution is -2.24. The summed E-state index contributed by atoms with van der Waals surface area (Å²) in [4.78, 5) is 7.26. The Morgan fingerprint density at radius 1 is 1.43 bits per heavy atom. The molecule has 6 heteroatoms. The van der Waals surface area contributed by atoms with Crippen molar-refractivity contribution in [3.8, 4) is 0 Å². The first-order valence-corrected chi connectivity index (χ1v) is 7.54. The molecule has 3 rings (SSSR count). The predicted molar refractivity (Wildman–Crippen MR) is 82.2 cm³/mol. The highest BCUT2D eigenvalue weighted by atomic mass is 32.1. The quantitative estimate of drug-likeness (QED) is 0.804. The molecule has 1 aromatic carbocycles. The van der Waals surface area contributed by atoms with Gasteiger partial charge in [-0.05, 0) is 13.0 Å². The molecule has 3 aromatic rings. The van der Waals surface area contributed by atoms with E-state index in [0.29, 0.717) is 11.4 Å². The van der Waals surface area contributed by atoms with E-state index in [4.69, 9.17) is 0 Å². The standard InChI is InChI=1S/C15H16FN3OS/c1-10(11-5-3-4-6-12(11)16)18(2)14-13(9-20)19-7-8-21-15(19)17-14/h3-8,10,20H,9H2,1-2H3. The van der Waals surface area contributed by atoms with E-state index in [1.54, 1.807) is 12.1 Å². The number of rotatable bonds is 4. The van der Waals surface area contributed by atoms with Crippen LogP contribution in [0.1, 0.15) is 24.2 Å². The minimum absolute atomic E-state index is 0.110. The molecule has 0 saturated carbocycles. The third-order valence-corrected chi connectivity index (χ3v) is 4.52. The number of thiazole rings is 1. The molecular weight excluding hydrogens is 289 g/mol. The topological polar surface area (TPSA) is 40.8 Å². The summed E-state index contributed by atoms with van der Waals surface area (Å²) in [6.45, 7) is 1.81.